The molecule has 1 N–H and O–H groups in total. The van der Waals surface area contributed by atoms with Gasteiger partial charge in [0.15, 0.2) is 0 Å². The monoisotopic (exact) mass is 301 g/mol. The van der Waals surface area contributed by atoms with Crippen LogP contribution in [0.5, 0.6) is 0 Å². The van der Waals surface area contributed by atoms with Crippen LogP contribution < -0.4 is 5.32 Å². The summed E-state index contributed by atoms with van der Waals surface area (Å²) in [6, 6.07) is 7.34. The normalized spacial score (nSPS) is 12.2. The van der Waals surface area contributed by atoms with Gasteiger partial charge in [-0.1, -0.05) is 18.5 Å². The van der Waals surface area contributed by atoms with Gasteiger partial charge in [-0.3, -0.25) is 4.79 Å². The van der Waals surface area contributed by atoms with Crippen LogP contribution in [0.15, 0.2) is 29.2 Å². The van der Waals surface area contributed by atoms with E-state index in [0.29, 0.717) is 12.4 Å². The fourth-order valence-corrected chi connectivity index (χ4v) is 2.55. The Bertz CT molecular complexity index is 384. The van der Waals surface area contributed by atoms with Gasteiger partial charge in [0, 0.05) is 15.7 Å². The molecule has 0 bridgehead atoms. The molecule has 19 heavy (non-hydrogen) atoms. The first-order valence-electron chi connectivity index (χ1n) is 6.45. The van der Waals surface area contributed by atoms with E-state index >= 15 is 0 Å². The highest BCUT2D eigenvalue weighted by Crippen LogP contribution is 2.21. The fourth-order valence-electron chi connectivity index (χ4n) is 1.48. The highest BCUT2D eigenvalue weighted by molar-refractivity contribution is 7.99. The molecular weight excluding hydrogens is 282 g/mol. The summed E-state index contributed by atoms with van der Waals surface area (Å²) in [7, 11) is 0. The van der Waals surface area contributed by atoms with Crippen molar-refractivity contribution in [3.05, 3.63) is 29.3 Å². The standard InChI is InChI=1S/C14H20ClNO2S/c1-3-9-16-13(14(17)18-4-2)10-19-12-7-5-11(15)6-8-12/h5-8,13,16H,3-4,9-10H2,1-2H3. The van der Waals surface area contributed by atoms with Crippen molar-refractivity contribution in [3.8, 4) is 0 Å². The number of carbonyl (C=O) groups excluding carboxylic acids is 1. The first-order chi connectivity index (χ1) is 9.17. The van der Waals surface area contributed by atoms with Crippen LogP contribution in [0.3, 0.4) is 0 Å². The van der Waals surface area contributed by atoms with Gasteiger partial charge in [0.25, 0.3) is 0 Å². The van der Waals surface area contributed by atoms with Crippen LogP contribution in [-0.2, 0) is 9.53 Å². The Kier molecular flexibility index (Phi) is 7.94. The van der Waals surface area contributed by atoms with E-state index in [4.69, 9.17) is 16.3 Å². The van der Waals surface area contributed by atoms with Crippen LogP contribution >= 0.6 is 23.4 Å². The van der Waals surface area contributed by atoms with Gasteiger partial charge in [0.1, 0.15) is 6.04 Å². The van der Waals surface area contributed by atoms with Crippen molar-refractivity contribution in [1.82, 2.24) is 5.32 Å². The maximum Gasteiger partial charge on any atom is 0.323 e. The molecule has 0 aliphatic heterocycles. The Morgan fingerprint density at radius 3 is 2.63 bits per heavy atom. The summed E-state index contributed by atoms with van der Waals surface area (Å²) in [6.07, 6.45) is 0.988. The van der Waals surface area contributed by atoms with Crippen molar-refractivity contribution >= 4 is 29.3 Å². The van der Waals surface area contributed by atoms with E-state index in [-0.39, 0.29) is 12.0 Å². The molecule has 5 heteroatoms. The third kappa shape index (κ3) is 6.32. The molecule has 1 aromatic rings. The van der Waals surface area contributed by atoms with Gasteiger partial charge < -0.3 is 10.1 Å². The number of nitrogens with one attached hydrogen (secondary N) is 1. The molecular formula is C14H20ClNO2S. The minimum atomic E-state index is -0.263. The predicted octanol–water partition coefficient (Wildman–Crippen LogP) is 3.36. The van der Waals surface area contributed by atoms with Crippen molar-refractivity contribution in [3.63, 3.8) is 0 Å². The number of hydrogen-bond donors (Lipinski definition) is 1. The highest BCUT2D eigenvalue weighted by atomic mass is 35.5. The molecule has 1 aromatic carbocycles. The molecule has 0 saturated carbocycles. The number of rotatable bonds is 8. The summed E-state index contributed by atoms with van der Waals surface area (Å²) in [5.74, 6) is 0.470. The Morgan fingerprint density at radius 1 is 1.37 bits per heavy atom. The molecule has 0 aliphatic rings. The first-order valence-corrected chi connectivity index (χ1v) is 7.82. The Morgan fingerprint density at radius 2 is 2.05 bits per heavy atom. The third-order valence-electron chi connectivity index (χ3n) is 2.44. The molecule has 1 unspecified atom stereocenters. The smallest absolute Gasteiger partial charge is 0.323 e. The Labute approximate surface area is 124 Å². The van der Waals surface area contributed by atoms with Crippen molar-refractivity contribution in [1.29, 1.82) is 0 Å². The molecule has 0 fully saturated rings. The number of carbonyl (C=O) groups is 1. The highest BCUT2D eigenvalue weighted by Gasteiger charge is 2.18. The number of esters is 1. The van der Waals surface area contributed by atoms with Gasteiger partial charge >= 0.3 is 5.97 Å². The van der Waals surface area contributed by atoms with Crippen LogP contribution in [0.25, 0.3) is 0 Å². The second-order valence-electron chi connectivity index (χ2n) is 4.02. The van der Waals surface area contributed by atoms with E-state index in [9.17, 15) is 4.79 Å². The third-order valence-corrected chi connectivity index (χ3v) is 3.80. The molecule has 0 radical (unpaired) electrons. The molecule has 3 nitrogen and oxygen atoms in total. The first kappa shape index (κ1) is 16.3. The van der Waals surface area contributed by atoms with E-state index in [0.717, 1.165) is 22.9 Å². The van der Waals surface area contributed by atoms with E-state index in [1.807, 2.05) is 31.2 Å². The molecule has 0 aromatic heterocycles. The van der Waals surface area contributed by atoms with Gasteiger partial charge in [-0.25, -0.2) is 0 Å². The van der Waals surface area contributed by atoms with E-state index < -0.39 is 0 Å². The molecule has 0 amide bonds. The van der Waals surface area contributed by atoms with Crippen LogP contribution in [0.4, 0.5) is 0 Å². The van der Waals surface area contributed by atoms with Gasteiger partial charge in [0.05, 0.1) is 6.61 Å². The second-order valence-corrected chi connectivity index (χ2v) is 5.55. The largest absolute Gasteiger partial charge is 0.465 e. The number of halogens is 1. The maximum absolute atomic E-state index is 11.8. The zero-order chi connectivity index (χ0) is 14.1. The van der Waals surface area contributed by atoms with E-state index in [1.165, 1.54) is 0 Å². The summed E-state index contributed by atoms with van der Waals surface area (Å²) in [5.41, 5.74) is 0. The lowest BCUT2D eigenvalue weighted by Gasteiger charge is -2.16. The lowest BCUT2D eigenvalue weighted by Crippen LogP contribution is -2.40. The van der Waals surface area contributed by atoms with Gasteiger partial charge in [-0.15, -0.1) is 11.8 Å². The summed E-state index contributed by atoms with van der Waals surface area (Å²) < 4.78 is 5.07. The quantitative estimate of drug-likeness (QED) is 0.590. The zero-order valence-electron chi connectivity index (χ0n) is 11.3. The number of benzene rings is 1. The van der Waals surface area contributed by atoms with Crippen LogP contribution in [-0.4, -0.2) is 30.9 Å². The summed E-state index contributed by atoms with van der Waals surface area (Å²) >= 11 is 7.46. The van der Waals surface area contributed by atoms with Gasteiger partial charge in [-0.05, 0) is 44.2 Å². The summed E-state index contributed by atoms with van der Waals surface area (Å²) in [5, 5.41) is 3.93. The predicted molar refractivity (Wildman–Crippen MR) is 80.9 cm³/mol. The Balaban J connectivity index is 2.51. The topological polar surface area (TPSA) is 38.3 Å². The van der Waals surface area contributed by atoms with Crippen molar-refractivity contribution in [2.45, 2.75) is 31.2 Å². The molecule has 0 heterocycles. The van der Waals surface area contributed by atoms with Crippen LogP contribution in [0.1, 0.15) is 20.3 Å². The molecule has 106 valence electrons. The van der Waals surface area contributed by atoms with E-state index in [1.54, 1.807) is 11.8 Å². The average Bonchev–Trinajstić information content (AvgIpc) is 2.41. The van der Waals surface area contributed by atoms with Crippen LogP contribution in [0, 0.1) is 0 Å². The summed E-state index contributed by atoms with van der Waals surface area (Å²) in [4.78, 5) is 12.9. The van der Waals surface area contributed by atoms with Gasteiger partial charge in [0.2, 0.25) is 0 Å². The lowest BCUT2D eigenvalue weighted by molar-refractivity contribution is -0.144. The molecule has 1 atom stereocenters. The van der Waals surface area contributed by atoms with Crippen LogP contribution in [0.2, 0.25) is 5.02 Å². The average molecular weight is 302 g/mol. The molecule has 1 rings (SSSR count). The summed E-state index contributed by atoms with van der Waals surface area (Å²) in [6.45, 7) is 5.11. The molecule has 0 aliphatic carbocycles. The SMILES string of the molecule is CCCNC(CSc1ccc(Cl)cc1)C(=O)OCC. The fraction of sp³-hybridized carbons (Fsp3) is 0.500. The van der Waals surface area contributed by atoms with Crippen molar-refractivity contribution in [2.24, 2.45) is 0 Å². The number of ether oxygens (including phenoxy) is 1. The molecule has 0 saturated heterocycles. The Hall–Kier alpha value is -0.710. The minimum Gasteiger partial charge on any atom is -0.465 e. The number of thioether (sulfide) groups is 1. The van der Waals surface area contributed by atoms with Crippen molar-refractivity contribution in [2.75, 3.05) is 18.9 Å². The zero-order valence-corrected chi connectivity index (χ0v) is 12.9. The number of hydrogen-bond acceptors (Lipinski definition) is 4. The van der Waals surface area contributed by atoms with Crippen molar-refractivity contribution < 1.29 is 9.53 Å². The second kappa shape index (κ2) is 9.23. The lowest BCUT2D eigenvalue weighted by atomic mass is 10.3. The minimum absolute atomic E-state index is 0.183. The van der Waals surface area contributed by atoms with E-state index in [2.05, 4.69) is 12.2 Å². The van der Waals surface area contributed by atoms with Gasteiger partial charge in [-0.2, -0.15) is 0 Å². The molecule has 0 spiro atoms. The maximum atomic E-state index is 11.8.